The lowest BCUT2D eigenvalue weighted by Crippen LogP contribution is -2.18. The fourth-order valence-corrected chi connectivity index (χ4v) is 4.85. The lowest BCUT2D eigenvalue weighted by atomic mass is 9.99. The lowest BCUT2D eigenvalue weighted by molar-refractivity contribution is -0.137. The van der Waals surface area contributed by atoms with E-state index < -0.39 is 21.8 Å². The first-order chi connectivity index (χ1) is 15.3. The Morgan fingerprint density at radius 1 is 1.12 bits per heavy atom. The molecule has 3 N–H and O–H groups in total. The number of halogens is 4. The number of alkyl halides is 3. The van der Waals surface area contributed by atoms with Gasteiger partial charge in [-0.1, -0.05) is 28.1 Å². The molecule has 0 aliphatic rings. The maximum absolute atomic E-state index is 13.0. The second-order valence-electron chi connectivity index (χ2n) is 7.43. The van der Waals surface area contributed by atoms with Crippen molar-refractivity contribution < 1.29 is 26.3 Å². The molecule has 33 heavy (non-hydrogen) atoms. The summed E-state index contributed by atoms with van der Waals surface area (Å²) in [7, 11) is -2.67. The third kappa shape index (κ3) is 5.66. The van der Waals surface area contributed by atoms with Gasteiger partial charge in [-0.25, -0.2) is 18.5 Å². The molecule has 0 saturated carbocycles. The van der Waals surface area contributed by atoms with Crippen LogP contribution in [0.3, 0.4) is 0 Å². The Labute approximate surface area is 198 Å². The fraction of sp³-hybridized carbons (Fsp3) is 0.227. The fourth-order valence-electron chi connectivity index (χ4n) is 3.35. The van der Waals surface area contributed by atoms with Crippen molar-refractivity contribution in [3.8, 4) is 5.75 Å². The molecule has 0 radical (unpaired) electrons. The van der Waals surface area contributed by atoms with Gasteiger partial charge in [0.1, 0.15) is 16.5 Å². The molecule has 6 nitrogen and oxygen atoms in total. The monoisotopic (exact) mass is 543 g/mol. The normalized spacial score (nSPS) is 12.0. The maximum atomic E-state index is 13.0. The van der Waals surface area contributed by atoms with E-state index in [4.69, 9.17) is 9.88 Å². The number of nitrogens with two attached hydrogens (primary N) is 1. The van der Waals surface area contributed by atoms with Gasteiger partial charge >= 0.3 is 6.18 Å². The topological polar surface area (TPSA) is 94.3 Å². The Kier molecular flexibility index (Phi) is 7.06. The van der Waals surface area contributed by atoms with Crippen molar-refractivity contribution in [3.05, 3.63) is 74.9 Å². The highest BCUT2D eigenvalue weighted by Crippen LogP contribution is 2.35. The maximum Gasteiger partial charge on any atom is 0.417 e. The van der Waals surface area contributed by atoms with Crippen LogP contribution >= 0.6 is 15.9 Å². The number of sulfonamides is 1. The van der Waals surface area contributed by atoms with Crippen LogP contribution in [0.15, 0.2) is 52.0 Å². The van der Waals surface area contributed by atoms with Crippen molar-refractivity contribution in [2.75, 3.05) is 12.4 Å². The van der Waals surface area contributed by atoms with Crippen LogP contribution in [0.25, 0.3) is 0 Å². The number of anilines is 2. The summed E-state index contributed by atoms with van der Waals surface area (Å²) in [5.41, 5.74) is 1.36. The average molecular weight is 544 g/mol. The first kappa shape index (κ1) is 25.0. The number of aromatic nitrogens is 1. The van der Waals surface area contributed by atoms with Crippen molar-refractivity contribution >= 4 is 37.5 Å². The first-order valence-corrected chi connectivity index (χ1v) is 11.9. The minimum Gasteiger partial charge on any atom is -0.497 e. The van der Waals surface area contributed by atoms with Gasteiger partial charge in [0.05, 0.1) is 18.4 Å². The van der Waals surface area contributed by atoms with E-state index in [2.05, 4.69) is 26.2 Å². The number of pyridine rings is 1. The number of primary sulfonamides is 1. The smallest absolute Gasteiger partial charge is 0.417 e. The summed E-state index contributed by atoms with van der Waals surface area (Å²) < 4.78 is 70.0. The molecule has 0 saturated heterocycles. The molecule has 3 rings (SSSR count). The zero-order chi connectivity index (χ0) is 24.6. The van der Waals surface area contributed by atoms with E-state index in [0.29, 0.717) is 23.1 Å². The SMILES string of the molecule is COc1ccc(Cc2c(C)ccc(Nc3ncc(C(F)(F)F)cc3C)c2S(N)(=O)=O)c(Br)c1. The quantitative estimate of drug-likeness (QED) is 0.429. The van der Waals surface area contributed by atoms with E-state index in [0.717, 1.165) is 16.1 Å². The summed E-state index contributed by atoms with van der Waals surface area (Å²) in [5.74, 6) is 0.724. The molecule has 3 aromatic rings. The Morgan fingerprint density at radius 2 is 1.82 bits per heavy atom. The number of hydrogen-bond donors (Lipinski definition) is 2. The third-order valence-electron chi connectivity index (χ3n) is 5.07. The van der Waals surface area contributed by atoms with Crippen molar-refractivity contribution in [2.24, 2.45) is 5.14 Å². The highest BCUT2D eigenvalue weighted by molar-refractivity contribution is 9.10. The molecule has 0 atom stereocenters. The van der Waals surface area contributed by atoms with E-state index >= 15 is 0 Å². The second-order valence-corrected chi connectivity index (χ2v) is 9.78. The summed E-state index contributed by atoms with van der Waals surface area (Å²) in [4.78, 5) is 3.70. The van der Waals surface area contributed by atoms with Gasteiger partial charge in [0.25, 0.3) is 0 Å². The predicted octanol–water partition coefficient (Wildman–Crippen LogP) is 5.47. The van der Waals surface area contributed by atoms with E-state index in [-0.39, 0.29) is 28.4 Å². The lowest BCUT2D eigenvalue weighted by Gasteiger charge is -2.19. The van der Waals surface area contributed by atoms with Gasteiger partial charge < -0.3 is 10.1 Å². The molecule has 176 valence electrons. The van der Waals surface area contributed by atoms with Crippen LogP contribution in [-0.2, 0) is 22.6 Å². The minimum absolute atomic E-state index is 0.0910. The van der Waals surface area contributed by atoms with Gasteiger partial charge in [-0.3, -0.25) is 0 Å². The van der Waals surface area contributed by atoms with Crippen LogP contribution in [0.2, 0.25) is 0 Å². The standard InChI is InChI=1S/C22H21BrF3N3O3S/c1-12-4-7-19(29-21-13(2)8-15(11-28-21)22(24,25)26)20(33(27,30)31)17(12)9-14-5-6-16(32-3)10-18(14)23/h4-8,10-11H,9H2,1-3H3,(H,28,29)(H2,27,30,31). The van der Waals surface area contributed by atoms with Gasteiger partial charge in [-0.15, -0.1) is 0 Å². The second kappa shape index (κ2) is 9.32. The zero-order valence-electron chi connectivity index (χ0n) is 17.9. The first-order valence-electron chi connectivity index (χ1n) is 9.60. The number of nitrogens with zero attached hydrogens (tertiary/aromatic N) is 1. The number of aryl methyl sites for hydroxylation is 2. The molecule has 11 heteroatoms. The highest BCUT2D eigenvalue weighted by Gasteiger charge is 2.31. The van der Waals surface area contributed by atoms with Crippen molar-refractivity contribution in [1.82, 2.24) is 4.98 Å². The molecule has 0 fully saturated rings. The number of rotatable bonds is 6. The van der Waals surface area contributed by atoms with Crippen LogP contribution < -0.4 is 15.2 Å². The van der Waals surface area contributed by atoms with Crippen LogP contribution in [0.1, 0.15) is 27.8 Å². The Hall–Kier alpha value is -2.63. The van der Waals surface area contributed by atoms with E-state index in [9.17, 15) is 21.6 Å². The Balaban J connectivity index is 2.09. The number of hydrogen-bond acceptors (Lipinski definition) is 5. The zero-order valence-corrected chi connectivity index (χ0v) is 20.3. The molecule has 0 unspecified atom stereocenters. The summed E-state index contributed by atoms with van der Waals surface area (Å²) in [6.45, 7) is 3.21. The predicted molar refractivity (Wildman–Crippen MR) is 123 cm³/mol. The number of benzene rings is 2. The molecular weight excluding hydrogens is 523 g/mol. The molecule has 0 bridgehead atoms. The minimum atomic E-state index is -4.54. The summed E-state index contributed by atoms with van der Waals surface area (Å²) in [6.07, 6.45) is -3.61. The van der Waals surface area contributed by atoms with Crippen molar-refractivity contribution in [1.29, 1.82) is 0 Å². The summed E-state index contributed by atoms with van der Waals surface area (Å²) in [6, 6.07) is 9.48. The molecular formula is C22H21BrF3N3O3S. The molecule has 0 spiro atoms. The Morgan fingerprint density at radius 3 is 2.36 bits per heavy atom. The molecule has 0 aliphatic carbocycles. The van der Waals surface area contributed by atoms with Crippen LogP contribution in [-0.4, -0.2) is 20.5 Å². The highest BCUT2D eigenvalue weighted by atomic mass is 79.9. The van der Waals surface area contributed by atoms with Crippen LogP contribution in [0.5, 0.6) is 5.75 Å². The summed E-state index contributed by atoms with van der Waals surface area (Å²) >= 11 is 3.47. The van der Waals surface area contributed by atoms with Gasteiger partial charge in [0, 0.05) is 17.1 Å². The number of ether oxygens (including phenoxy) is 1. The van der Waals surface area contributed by atoms with Crippen molar-refractivity contribution in [2.45, 2.75) is 31.3 Å². The summed E-state index contributed by atoms with van der Waals surface area (Å²) in [5, 5.41) is 8.41. The van der Waals surface area contributed by atoms with E-state index in [1.54, 1.807) is 31.2 Å². The van der Waals surface area contributed by atoms with Crippen LogP contribution in [0.4, 0.5) is 24.7 Å². The van der Waals surface area contributed by atoms with Gasteiger partial charge in [-0.05, 0) is 60.4 Å². The molecule has 2 aromatic carbocycles. The van der Waals surface area contributed by atoms with Gasteiger partial charge in [0.2, 0.25) is 10.0 Å². The molecule has 1 heterocycles. The van der Waals surface area contributed by atoms with Crippen LogP contribution in [0, 0.1) is 13.8 Å². The molecule has 1 aromatic heterocycles. The van der Waals surface area contributed by atoms with Gasteiger partial charge in [-0.2, -0.15) is 13.2 Å². The third-order valence-corrected chi connectivity index (χ3v) is 6.84. The number of nitrogens with one attached hydrogen (secondary N) is 1. The van der Waals surface area contributed by atoms with E-state index in [1.165, 1.54) is 20.1 Å². The Bertz CT molecular complexity index is 1310. The largest absolute Gasteiger partial charge is 0.497 e. The average Bonchev–Trinajstić information content (AvgIpc) is 2.71. The number of methoxy groups -OCH3 is 1. The van der Waals surface area contributed by atoms with Gasteiger partial charge in [0.15, 0.2) is 0 Å². The van der Waals surface area contributed by atoms with Crippen molar-refractivity contribution in [3.63, 3.8) is 0 Å². The van der Waals surface area contributed by atoms with E-state index in [1.807, 2.05) is 0 Å². The molecule has 0 aliphatic heterocycles. The molecule has 0 amide bonds.